The zero-order valence-electron chi connectivity index (χ0n) is 13.6. The number of nitrogens with zero attached hydrogens (tertiary/aromatic N) is 4. The van der Waals surface area contributed by atoms with E-state index in [1.165, 1.54) is 17.7 Å². The zero-order chi connectivity index (χ0) is 17.1. The van der Waals surface area contributed by atoms with Gasteiger partial charge in [0.1, 0.15) is 11.6 Å². The number of nitriles is 1. The minimum atomic E-state index is -0.547. The van der Waals surface area contributed by atoms with Crippen LogP contribution in [0.4, 0.5) is 11.4 Å². The number of hydrogen-bond donors (Lipinski definition) is 1. The zero-order valence-corrected chi connectivity index (χ0v) is 13.6. The van der Waals surface area contributed by atoms with Crippen molar-refractivity contribution in [2.24, 2.45) is 7.05 Å². The molecule has 120 valence electrons. The number of aryl methyl sites for hydroxylation is 2. The first-order chi connectivity index (χ1) is 10.8. The van der Waals surface area contributed by atoms with Gasteiger partial charge < -0.3 is 5.32 Å². The van der Waals surface area contributed by atoms with Gasteiger partial charge >= 0.3 is 0 Å². The summed E-state index contributed by atoms with van der Waals surface area (Å²) in [6.45, 7) is 6.04. The third-order valence-electron chi connectivity index (χ3n) is 3.90. The maximum atomic E-state index is 10.9. The number of aromatic nitrogens is 2. The summed E-state index contributed by atoms with van der Waals surface area (Å²) in [5.74, 6) is 0. The fraction of sp³-hybridized carbons (Fsp3) is 0.375. The van der Waals surface area contributed by atoms with E-state index in [-0.39, 0.29) is 17.3 Å². The molecule has 2 rings (SSSR count). The highest BCUT2D eigenvalue weighted by Gasteiger charge is 2.16. The van der Waals surface area contributed by atoms with Gasteiger partial charge in [0.2, 0.25) is 0 Å². The van der Waals surface area contributed by atoms with Crippen molar-refractivity contribution in [2.75, 3.05) is 5.32 Å². The first kappa shape index (κ1) is 16.5. The lowest BCUT2D eigenvalue weighted by molar-refractivity contribution is -0.385. The predicted molar refractivity (Wildman–Crippen MR) is 87.3 cm³/mol. The highest BCUT2D eigenvalue weighted by molar-refractivity contribution is 5.59. The van der Waals surface area contributed by atoms with Crippen LogP contribution < -0.4 is 5.32 Å². The summed E-state index contributed by atoms with van der Waals surface area (Å²) in [7, 11) is 1.92. The van der Waals surface area contributed by atoms with Crippen LogP contribution >= 0.6 is 0 Å². The molecule has 0 amide bonds. The normalized spacial score (nSPS) is 11.8. The van der Waals surface area contributed by atoms with Crippen LogP contribution in [0, 0.1) is 35.3 Å². The van der Waals surface area contributed by atoms with Crippen molar-refractivity contribution < 1.29 is 4.92 Å². The summed E-state index contributed by atoms with van der Waals surface area (Å²) in [4.78, 5) is 10.3. The Kier molecular flexibility index (Phi) is 4.65. The van der Waals surface area contributed by atoms with E-state index in [0.717, 1.165) is 17.8 Å². The number of nitro groups is 1. The highest BCUT2D eigenvalue weighted by atomic mass is 16.6. The molecule has 7 heteroatoms. The van der Waals surface area contributed by atoms with Crippen LogP contribution in [-0.4, -0.2) is 20.7 Å². The SMILES string of the molecule is Cc1nn(C)c(C)c1C[C@@H](C)Nc1ccc([N+](=O)[O-])c(C#N)c1. The van der Waals surface area contributed by atoms with Gasteiger partial charge in [-0.2, -0.15) is 10.4 Å². The fourth-order valence-corrected chi connectivity index (χ4v) is 2.63. The highest BCUT2D eigenvalue weighted by Crippen LogP contribution is 2.23. The summed E-state index contributed by atoms with van der Waals surface area (Å²) in [5, 5.41) is 27.6. The molecular weight excluding hydrogens is 294 g/mol. The maximum Gasteiger partial charge on any atom is 0.287 e. The lowest BCUT2D eigenvalue weighted by atomic mass is 10.0. The number of rotatable bonds is 5. The van der Waals surface area contributed by atoms with E-state index in [1.807, 2.05) is 38.6 Å². The molecule has 1 N–H and O–H groups in total. The first-order valence-electron chi connectivity index (χ1n) is 7.27. The number of nitro benzene ring substituents is 1. The molecule has 23 heavy (non-hydrogen) atoms. The van der Waals surface area contributed by atoms with Crippen LogP contribution in [0.5, 0.6) is 0 Å². The predicted octanol–water partition coefficient (Wildman–Crippen LogP) is 2.86. The van der Waals surface area contributed by atoms with Gasteiger partial charge in [-0.05, 0) is 44.9 Å². The monoisotopic (exact) mass is 313 g/mol. The molecule has 7 nitrogen and oxygen atoms in total. The van der Waals surface area contributed by atoms with Crippen molar-refractivity contribution >= 4 is 11.4 Å². The largest absolute Gasteiger partial charge is 0.382 e. The molecule has 0 aliphatic heterocycles. The Morgan fingerprint density at radius 3 is 2.70 bits per heavy atom. The van der Waals surface area contributed by atoms with Crippen molar-refractivity contribution in [2.45, 2.75) is 33.2 Å². The minimum absolute atomic E-state index is 0.0564. The Bertz CT molecular complexity index is 788. The molecule has 0 saturated heterocycles. The lowest BCUT2D eigenvalue weighted by Gasteiger charge is -2.16. The molecule has 0 unspecified atom stereocenters. The van der Waals surface area contributed by atoms with E-state index in [4.69, 9.17) is 5.26 Å². The third-order valence-corrected chi connectivity index (χ3v) is 3.90. The molecule has 0 bridgehead atoms. The van der Waals surface area contributed by atoms with Crippen molar-refractivity contribution in [1.82, 2.24) is 9.78 Å². The topological polar surface area (TPSA) is 96.8 Å². The maximum absolute atomic E-state index is 10.9. The van der Waals surface area contributed by atoms with Crippen LogP contribution in [0.2, 0.25) is 0 Å². The second-order valence-electron chi connectivity index (χ2n) is 5.62. The van der Waals surface area contributed by atoms with Gasteiger partial charge in [0.05, 0.1) is 10.6 Å². The van der Waals surface area contributed by atoms with Crippen LogP contribution in [-0.2, 0) is 13.5 Å². The average molecular weight is 313 g/mol. The van der Waals surface area contributed by atoms with Crippen LogP contribution in [0.15, 0.2) is 18.2 Å². The minimum Gasteiger partial charge on any atom is -0.382 e. The Morgan fingerprint density at radius 2 is 2.17 bits per heavy atom. The van der Waals surface area contributed by atoms with Crippen molar-refractivity contribution in [3.05, 3.63) is 50.8 Å². The van der Waals surface area contributed by atoms with Gasteiger partial charge in [-0.25, -0.2) is 0 Å². The molecule has 0 aliphatic carbocycles. The first-order valence-corrected chi connectivity index (χ1v) is 7.27. The molecule has 2 aromatic rings. The van der Waals surface area contributed by atoms with Gasteiger partial charge in [-0.1, -0.05) is 0 Å². The smallest absolute Gasteiger partial charge is 0.287 e. The second-order valence-corrected chi connectivity index (χ2v) is 5.62. The summed E-state index contributed by atoms with van der Waals surface area (Å²) in [6.07, 6.45) is 0.782. The van der Waals surface area contributed by atoms with Gasteiger partial charge in [-0.15, -0.1) is 0 Å². The number of benzene rings is 1. The van der Waals surface area contributed by atoms with E-state index in [0.29, 0.717) is 5.69 Å². The number of hydrogen-bond acceptors (Lipinski definition) is 5. The van der Waals surface area contributed by atoms with Crippen molar-refractivity contribution in [3.63, 3.8) is 0 Å². The van der Waals surface area contributed by atoms with Crippen LogP contribution in [0.1, 0.15) is 29.4 Å². The number of anilines is 1. The summed E-state index contributed by atoms with van der Waals surface area (Å²) in [6, 6.07) is 6.46. The quantitative estimate of drug-likeness (QED) is 0.676. The van der Waals surface area contributed by atoms with E-state index in [2.05, 4.69) is 10.4 Å². The summed E-state index contributed by atoms with van der Waals surface area (Å²) >= 11 is 0. The molecule has 0 spiro atoms. The van der Waals surface area contributed by atoms with Gasteiger partial charge in [0.25, 0.3) is 5.69 Å². The van der Waals surface area contributed by atoms with E-state index < -0.39 is 4.92 Å². The molecular formula is C16H19N5O2. The average Bonchev–Trinajstić information content (AvgIpc) is 2.73. The molecule has 0 aliphatic rings. The lowest BCUT2D eigenvalue weighted by Crippen LogP contribution is -2.19. The molecule has 1 atom stereocenters. The Labute approximate surface area is 134 Å². The molecule has 1 aromatic carbocycles. The third kappa shape index (κ3) is 3.48. The molecule has 0 radical (unpaired) electrons. The van der Waals surface area contributed by atoms with Gasteiger partial charge in [0, 0.05) is 30.5 Å². The Morgan fingerprint density at radius 1 is 1.48 bits per heavy atom. The second kappa shape index (κ2) is 6.48. The van der Waals surface area contributed by atoms with Crippen molar-refractivity contribution in [3.8, 4) is 6.07 Å². The fourth-order valence-electron chi connectivity index (χ4n) is 2.63. The van der Waals surface area contributed by atoms with Gasteiger partial charge in [0.15, 0.2) is 0 Å². The standard InChI is InChI=1S/C16H19N5O2/c1-10(7-15-11(2)19-20(4)12(15)3)18-14-5-6-16(21(22)23)13(8-14)9-17/h5-6,8,10,18H,7H2,1-4H3/t10-/m1/s1. The Hall–Kier alpha value is -2.88. The van der Waals surface area contributed by atoms with E-state index in [9.17, 15) is 10.1 Å². The molecule has 0 fully saturated rings. The van der Waals surface area contributed by atoms with Crippen LogP contribution in [0.25, 0.3) is 0 Å². The van der Waals surface area contributed by atoms with E-state index in [1.54, 1.807) is 6.07 Å². The Balaban J connectivity index is 2.16. The summed E-state index contributed by atoms with van der Waals surface area (Å²) < 4.78 is 1.86. The van der Waals surface area contributed by atoms with Crippen molar-refractivity contribution in [1.29, 1.82) is 5.26 Å². The molecule has 0 saturated carbocycles. The molecule has 1 heterocycles. The molecule has 1 aromatic heterocycles. The summed E-state index contributed by atoms with van der Waals surface area (Å²) in [5.41, 5.74) is 3.89. The van der Waals surface area contributed by atoms with E-state index >= 15 is 0 Å². The number of nitrogens with one attached hydrogen (secondary N) is 1. The van der Waals surface area contributed by atoms with Crippen LogP contribution in [0.3, 0.4) is 0 Å². The van der Waals surface area contributed by atoms with Gasteiger partial charge in [-0.3, -0.25) is 14.8 Å².